The Kier molecular flexibility index (Phi) is 6.98. The van der Waals surface area contributed by atoms with Crippen molar-refractivity contribution in [3.63, 3.8) is 0 Å². The molecule has 0 aromatic rings. The number of allylic oxidation sites excluding steroid dienone is 3. The fourth-order valence-corrected chi connectivity index (χ4v) is 0.889. The van der Waals surface area contributed by atoms with Gasteiger partial charge in [0.05, 0.1) is 5.97 Å². The molecule has 0 aliphatic carbocycles. The smallest absolute Gasteiger partial charge is 0.0672 e. The molecule has 0 rings (SSSR count). The largest absolute Gasteiger partial charge is 0.545 e. The Morgan fingerprint density at radius 2 is 2.08 bits per heavy atom. The average molecular weight is 181 g/mol. The minimum Gasteiger partial charge on any atom is -0.545 e. The first-order valence-electron chi connectivity index (χ1n) is 4.73. The van der Waals surface area contributed by atoms with Gasteiger partial charge in [0.25, 0.3) is 0 Å². The van der Waals surface area contributed by atoms with Gasteiger partial charge in [-0.1, -0.05) is 38.0 Å². The van der Waals surface area contributed by atoms with Crippen LogP contribution in [-0.2, 0) is 4.79 Å². The number of carboxylic acid groups (broad SMARTS) is 1. The third kappa shape index (κ3) is 7.32. The molecule has 0 spiro atoms. The summed E-state index contributed by atoms with van der Waals surface area (Å²) in [6.45, 7) is 3.69. The van der Waals surface area contributed by atoms with Crippen LogP contribution in [0.2, 0.25) is 0 Å². The Bertz CT molecular complexity index is 202. The minimum absolute atomic E-state index is 0.270. The molecule has 0 aliphatic rings. The molecule has 0 N–H and O–H groups in total. The first-order valence-corrected chi connectivity index (χ1v) is 4.73. The standard InChI is InChI=1S/C11H18O2/c1-3-4-5-6-7-8-9-10(2)11(12)13/h7-9H,3-6H2,1-2H3,(H,12,13)/p-1/b8-7+,10-9+. The number of aliphatic carboxylic acids is 1. The molecule has 2 heteroatoms. The van der Waals surface area contributed by atoms with Gasteiger partial charge in [-0.2, -0.15) is 0 Å². The predicted octanol–water partition coefficient (Wildman–Crippen LogP) is 1.82. The van der Waals surface area contributed by atoms with Gasteiger partial charge in [-0.15, -0.1) is 0 Å². The van der Waals surface area contributed by atoms with Gasteiger partial charge in [-0.3, -0.25) is 0 Å². The number of rotatable bonds is 6. The van der Waals surface area contributed by atoms with E-state index in [4.69, 9.17) is 0 Å². The lowest BCUT2D eigenvalue weighted by molar-refractivity contribution is -0.299. The molecule has 0 atom stereocenters. The van der Waals surface area contributed by atoms with Crippen molar-refractivity contribution in [2.24, 2.45) is 0 Å². The zero-order chi connectivity index (χ0) is 10.1. The normalized spacial score (nSPS) is 12.3. The molecular weight excluding hydrogens is 164 g/mol. The van der Waals surface area contributed by atoms with Crippen LogP contribution in [0.5, 0.6) is 0 Å². The van der Waals surface area contributed by atoms with Gasteiger partial charge in [0, 0.05) is 0 Å². The maximum atomic E-state index is 10.3. The van der Waals surface area contributed by atoms with Crippen LogP contribution in [0.15, 0.2) is 23.8 Å². The van der Waals surface area contributed by atoms with Crippen molar-refractivity contribution in [1.82, 2.24) is 0 Å². The highest BCUT2D eigenvalue weighted by atomic mass is 16.4. The quantitative estimate of drug-likeness (QED) is 0.356. The average Bonchev–Trinajstić information content (AvgIpc) is 2.10. The Hall–Kier alpha value is -1.05. The summed E-state index contributed by atoms with van der Waals surface area (Å²) >= 11 is 0. The third-order valence-corrected chi connectivity index (χ3v) is 1.78. The van der Waals surface area contributed by atoms with Crippen molar-refractivity contribution in [3.8, 4) is 0 Å². The Labute approximate surface area is 80.0 Å². The van der Waals surface area contributed by atoms with E-state index in [0.717, 1.165) is 6.42 Å². The summed E-state index contributed by atoms with van der Waals surface area (Å²) in [7, 11) is 0. The van der Waals surface area contributed by atoms with Crippen LogP contribution in [0.25, 0.3) is 0 Å². The van der Waals surface area contributed by atoms with E-state index < -0.39 is 5.97 Å². The number of unbranched alkanes of at least 4 members (excludes halogenated alkanes) is 3. The molecular formula is C11H17O2-. The van der Waals surface area contributed by atoms with Crippen molar-refractivity contribution in [1.29, 1.82) is 0 Å². The number of hydrogen-bond donors (Lipinski definition) is 0. The lowest BCUT2D eigenvalue weighted by Crippen LogP contribution is -2.22. The minimum atomic E-state index is -1.10. The van der Waals surface area contributed by atoms with Gasteiger partial charge in [-0.25, -0.2) is 0 Å². The summed E-state index contributed by atoms with van der Waals surface area (Å²) < 4.78 is 0. The highest BCUT2D eigenvalue weighted by Gasteiger charge is 1.84. The molecule has 0 heterocycles. The number of carboxylic acids is 1. The summed E-state index contributed by atoms with van der Waals surface area (Å²) in [6.07, 6.45) is 9.97. The lowest BCUT2D eigenvalue weighted by Gasteiger charge is -1.97. The Morgan fingerprint density at radius 3 is 2.62 bits per heavy atom. The first kappa shape index (κ1) is 11.9. The van der Waals surface area contributed by atoms with E-state index in [-0.39, 0.29) is 5.57 Å². The van der Waals surface area contributed by atoms with Crippen LogP contribution >= 0.6 is 0 Å². The highest BCUT2D eigenvalue weighted by molar-refractivity contribution is 5.84. The van der Waals surface area contributed by atoms with Crippen molar-refractivity contribution in [2.75, 3.05) is 0 Å². The van der Waals surface area contributed by atoms with E-state index in [1.54, 1.807) is 12.2 Å². The molecule has 0 fully saturated rings. The zero-order valence-corrected chi connectivity index (χ0v) is 8.38. The molecule has 0 aromatic heterocycles. The molecule has 0 unspecified atom stereocenters. The molecule has 13 heavy (non-hydrogen) atoms. The number of hydrogen-bond acceptors (Lipinski definition) is 2. The van der Waals surface area contributed by atoms with E-state index in [2.05, 4.69) is 6.92 Å². The van der Waals surface area contributed by atoms with Gasteiger partial charge in [0.1, 0.15) is 0 Å². The van der Waals surface area contributed by atoms with E-state index in [0.29, 0.717) is 0 Å². The molecule has 2 nitrogen and oxygen atoms in total. The molecule has 0 saturated carbocycles. The summed E-state index contributed by atoms with van der Waals surface area (Å²) in [5.74, 6) is -1.10. The molecule has 0 aliphatic heterocycles. The number of carbonyl (C=O) groups is 1. The maximum Gasteiger partial charge on any atom is 0.0672 e. The van der Waals surface area contributed by atoms with Gasteiger partial charge in [0.15, 0.2) is 0 Å². The summed E-state index contributed by atoms with van der Waals surface area (Å²) in [5.41, 5.74) is 0.270. The van der Waals surface area contributed by atoms with Gasteiger partial charge < -0.3 is 9.90 Å². The monoisotopic (exact) mass is 181 g/mol. The van der Waals surface area contributed by atoms with E-state index in [1.165, 1.54) is 26.2 Å². The number of carbonyl (C=O) groups excluding carboxylic acids is 1. The molecule has 74 valence electrons. The SMILES string of the molecule is CCCCC/C=C/C=C(\C)C(=O)[O-]. The molecule has 0 amide bonds. The third-order valence-electron chi connectivity index (χ3n) is 1.78. The van der Waals surface area contributed by atoms with Crippen LogP contribution in [0.3, 0.4) is 0 Å². The van der Waals surface area contributed by atoms with Crippen molar-refractivity contribution >= 4 is 5.97 Å². The Morgan fingerprint density at radius 1 is 1.38 bits per heavy atom. The summed E-state index contributed by atoms with van der Waals surface area (Å²) in [5, 5.41) is 10.3. The summed E-state index contributed by atoms with van der Waals surface area (Å²) in [6, 6.07) is 0. The molecule has 0 saturated heterocycles. The zero-order valence-electron chi connectivity index (χ0n) is 8.38. The van der Waals surface area contributed by atoms with Crippen molar-refractivity contribution < 1.29 is 9.90 Å². The van der Waals surface area contributed by atoms with Crippen LogP contribution in [0.1, 0.15) is 39.5 Å². The van der Waals surface area contributed by atoms with Gasteiger partial charge in [0.2, 0.25) is 0 Å². The molecule has 0 radical (unpaired) electrons. The molecule has 0 aromatic carbocycles. The topological polar surface area (TPSA) is 40.1 Å². The van der Waals surface area contributed by atoms with E-state index in [9.17, 15) is 9.90 Å². The second kappa shape index (κ2) is 7.59. The second-order valence-corrected chi connectivity index (χ2v) is 3.06. The Balaban J connectivity index is 3.62. The van der Waals surface area contributed by atoms with Crippen LogP contribution in [0.4, 0.5) is 0 Å². The van der Waals surface area contributed by atoms with E-state index in [1.807, 2.05) is 6.08 Å². The van der Waals surface area contributed by atoms with Crippen LogP contribution in [0, 0.1) is 0 Å². The van der Waals surface area contributed by atoms with Crippen LogP contribution < -0.4 is 5.11 Å². The maximum absolute atomic E-state index is 10.3. The summed E-state index contributed by atoms with van der Waals surface area (Å²) in [4.78, 5) is 10.3. The lowest BCUT2D eigenvalue weighted by atomic mass is 10.2. The van der Waals surface area contributed by atoms with Crippen LogP contribution in [-0.4, -0.2) is 5.97 Å². The molecule has 0 bridgehead atoms. The van der Waals surface area contributed by atoms with Crippen molar-refractivity contribution in [3.05, 3.63) is 23.8 Å². The fourth-order valence-electron chi connectivity index (χ4n) is 0.889. The second-order valence-electron chi connectivity index (χ2n) is 3.06. The van der Waals surface area contributed by atoms with Gasteiger partial charge in [-0.05, 0) is 25.3 Å². The van der Waals surface area contributed by atoms with E-state index >= 15 is 0 Å². The predicted molar refractivity (Wildman–Crippen MR) is 52.0 cm³/mol. The highest BCUT2D eigenvalue weighted by Crippen LogP contribution is 2.00. The van der Waals surface area contributed by atoms with Crippen molar-refractivity contribution in [2.45, 2.75) is 39.5 Å². The van der Waals surface area contributed by atoms with Gasteiger partial charge >= 0.3 is 0 Å². The fraction of sp³-hybridized carbons (Fsp3) is 0.545. The first-order chi connectivity index (χ1) is 6.18.